The molecule has 0 fully saturated rings. The van der Waals surface area contributed by atoms with Gasteiger partial charge in [-0.2, -0.15) is 15.0 Å². The van der Waals surface area contributed by atoms with Crippen LogP contribution in [0.2, 0.25) is 0 Å². The fourth-order valence-corrected chi connectivity index (χ4v) is 12.8. The highest BCUT2D eigenvalue weighted by atomic mass is 32.1. The highest BCUT2D eigenvalue weighted by molar-refractivity contribution is 7.16. The fraction of sp³-hybridized carbons (Fsp3) is 0.239. The minimum Gasteiger partial charge on any atom is -0.490 e. The molecule has 13 rings (SSSR count). The van der Waals surface area contributed by atoms with Crippen molar-refractivity contribution >= 4 is 33.4 Å². The normalized spacial score (nSPS) is 12.6. The quantitative estimate of drug-likeness (QED) is 0.0738. The van der Waals surface area contributed by atoms with Crippen LogP contribution in [0.3, 0.4) is 0 Å². The Labute approximate surface area is 515 Å². The minimum absolute atomic E-state index is 0.146. The van der Waals surface area contributed by atoms with Crippen LogP contribution in [0.1, 0.15) is 66.6 Å². The number of benzene rings is 7. The Bertz CT molecular complexity index is 4160. The number of fused-ring (bicyclic) bond motifs is 2. The summed E-state index contributed by atoms with van der Waals surface area (Å²) in [6.07, 6.45) is 2.75. The number of ether oxygens (including phenoxy) is 2. The van der Waals surface area contributed by atoms with Gasteiger partial charge in [-0.1, -0.05) is 175 Å². The lowest BCUT2D eigenvalue weighted by molar-refractivity contribution is 0.288. The van der Waals surface area contributed by atoms with E-state index in [1.165, 1.54) is 48.5 Å². The number of aromatic nitrogens is 6. The van der Waals surface area contributed by atoms with Crippen molar-refractivity contribution in [3.63, 3.8) is 0 Å². The maximum absolute atomic E-state index is 9.00. The third-order valence-corrected chi connectivity index (χ3v) is 17.4. The third kappa shape index (κ3) is 14.0. The smallest absolute Gasteiger partial charge is 0.268 e. The summed E-state index contributed by atoms with van der Waals surface area (Å²) in [4.78, 5) is 20.8. The van der Waals surface area contributed by atoms with Crippen molar-refractivity contribution in [2.45, 2.75) is 66.8 Å². The fourth-order valence-electron chi connectivity index (χ4n) is 10.9. The number of likely N-dealkylation sites (N-methyl/N-ethyl adjacent to an activating group) is 1. The first-order valence-electron chi connectivity index (χ1n) is 29.7. The van der Waals surface area contributed by atoms with Crippen molar-refractivity contribution in [2.24, 2.45) is 0 Å². The van der Waals surface area contributed by atoms with Gasteiger partial charge in [0, 0.05) is 57.7 Å². The molecule has 5 aromatic heterocycles. The molecule has 87 heavy (non-hydrogen) atoms. The molecule has 1 atom stereocenters. The second kappa shape index (κ2) is 28.5. The standard InChI is InChI=1S/C27H36N4O3.C23H16N2OS.C21H18N2O2S/c1-5-31(6-2)17-16-28-23-14-13-20-21(23)10-9-11-22(20)26-29-27(34-30-26)19-12-15-24(32-7-3)25(18-19)33-8-4;1-15-20(17-8-3-2-4-9-17)14-21(27-15)23-24-22(25-26-23)19-13-7-11-16-10-5-6-12-18(16)19;1-14-18(16-5-3-2-4-6-16)13-19(26-14)21-22-20(23-25-21)17-9-7-15(8-10-17)11-12-24/h9-12,15,18,23,28H,5-8,13-14,16-17H2,1-4H3;2-14H,1H3;2-10,13,24H,11-12H2,1H3. The van der Waals surface area contributed by atoms with Crippen LogP contribution in [0, 0.1) is 13.8 Å². The minimum atomic E-state index is 0.146. The molecule has 0 saturated carbocycles. The maximum Gasteiger partial charge on any atom is 0.268 e. The van der Waals surface area contributed by atoms with E-state index in [1.807, 2.05) is 105 Å². The predicted octanol–water partition coefficient (Wildman–Crippen LogP) is 16.7. The van der Waals surface area contributed by atoms with Crippen LogP contribution in [-0.2, 0) is 12.8 Å². The van der Waals surface area contributed by atoms with Crippen LogP contribution >= 0.6 is 22.7 Å². The molecule has 1 aliphatic carbocycles. The van der Waals surface area contributed by atoms with Crippen molar-refractivity contribution in [3.05, 3.63) is 202 Å². The van der Waals surface area contributed by atoms with Gasteiger partial charge < -0.3 is 38.4 Å². The van der Waals surface area contributed by atoms with E-state index in [0.29, 0.717) is 72.3 Å². The number of hydrogen-bond acceptors (Lipinski definition) is 16. The Morgan fingerprint density at radius 1 is 0.540 bits per heavy atom. The topological polar surface area (TPSA) is 171 Å². The Hall–Kier alpha value is -8.90. The first-order valence-corrected chi connectivity index (χ1v) is 31.3. The van der Waals surface area contributed by atoms with E-state index in [1.54, 1.807) is 22.7 Å². The summed E-state index contributed by atoms with van der Waals surface area (Å²) in [5.74, 6) is 4.79. The molecular formula is C71H70N8O6S2. The summed E-state index contributed by atoms with van der Waals surface area (Å²) in [6.45, 7) is 18.1. The molecule has 0 radical (unpaired) electrons. The van der Waals surface area contributed by atoms with Crippen molar-refractivity contribution in [2.75, 3.05) is 46.0 Å². The van der Waals surface area contributed by atoms with E-state index in [9.17, 15) is 0 Å². The molecule has 7 aromatic carbocycles. The summed E-state index contributed by atoms with van der Waals surface area (Å²) >= 11 is 3.33. The number of thiophene rings is 2. The van der Waals surface area contributed by atoms with Crippen LogP contribution < -0.4 is 14.8 Å². The predicted molar refractivity (Wildman–Crippen MR) is 349 cm³/mol. The molecular weight excluding hydrogens is 1120 g/mol. The molecule has 0 amide bonds. The Morgan fingerprint density at radius 2 is 1.09 bits per heavy atom. The van der Waals surface area contributed by atoms with Gasteiger partial charge in [-0.3, -0.25) is 0 Å². The average molecular weight is 1200 g/mol. The number of hydrogen-bond donors (Lipinski definition) is 2. The lowest BCUT2D eigenvalue weighted by Gasteiger charge is -2.20. The van der Waals surface area contributed by atoms with Crippen LogP contribution in [0.25, 0.3) is 100 Å². The molecule has 14 nitrogen and oxygen atoms in total. The second-order valence-electron chi connectivity index (χ2n) is 20.8. The second-order valence-corrected chi connectivity index (χ2v) is 23.3. The number of aliphatic hydroxyl groups excluding tert-OH is 1. The zero-order valence-corrected chi connectivity index (χ0v) is 51.5. The molecule has 12 aromatic rings. The van der Waals surface area contributed by atoms with Crippen molar-refractivity contribution in [1.29, 1.82) is 0 Å². The van der Waals surface area contributed by atoms with E-state index in [2.05, 4.69) is 148 Å². The molecule has 1 aliphatic rings. The summed E-state index contributed by atoms with van der Waals surface area (Å²) in [5.41, 5.74) is 12.3. The van der Waals surface area contributed by atoms with Crippen molar-refractivity contribution < 1.29 is 28.1 Å². The SMILES string of the molecule is CCOc1ccc(-c2nc(-c3cccc4c3CCC4NCCN(CC)CC)no2)cc1OCC.Cc1sc(-c2nc(-c3ccc(CCO)cc3)no2)cc1-c1ccccc1.Cc1sc(-c2nc(-c3cccc4ccccc34)no2)cc1-c1ccccc1. The van der Waals surface area contributed by atoms with Crippen LogP contribution in [0.5, 0.6) is 11.5 Å². The van der Waals surface area contributed by atoms with E-state index in [4.69, 9.17) is 33.1 Å². The summed E-state index contributed by atoms with van der Waals surface area (Å²) in [7, 11) is 0. The molecule has 2 N–H and O–H groups in total. The van der Waals surface area contributed by atoms with E-state index in [0.717, 1.165) is 82.0 Å². The third-order valence-electron chi connectivity index (χ3n) is 15.4. The maximum atomic E-state index is 9.00. The molecule has 5 heterocycles. The molecule has 0 bridgehead atoms. The average Bonchev–Trinajstić information content (AvgIpc) is 2.45. The first-order chi connectivity index (χ1) is 42.7. The molecule has 1 unspecified atom stereocenters. The van der Waals surface area contributed by atoms with Gasteiger partial charge in [-0.05, 0) is 140 Å². The number of nitrogens with zero attached hydrogens (tertiary/aromatic N) is 7. The number of aryl methyl sites for hydroxylation is 2. The van der Waals surface area contributed by atoms with Crippen LogP contribution in [0.15, 0.2) is 189 Å². The van der Waals surface area contributed by atoms with Gasteiger partial charge in [-0.25, -0.2) is 0 Å². The number of aliphatic hydroxyl groups is 1. The van der Waals surface area contributed by atoms with Crippen LogP contribution in [0.4, 0.5) is 0 Å². The number of rotatable bonds is 20. The van der Waals surface area contributed by atoms with E-state index in [-0.39, 0.29) is 6.61 Å². The van der Waals surface area contributed by atoms with Gasteiger partial charge >= 0.3 is 0 Å². The van der Waals surface area contributed by atoms with Gasteiger partial charge in [0.15, 0.2) is 11.5 Å². The highest BCUT2D eigenvalue weighted by Gasteiger charge is 2.27. The van der Waals surface area contributed by atoms with Gasteiger partial charge in [-0.15, -0.1) is 22.7 Å². The molecule has 0 saturated heterocycles. The molecule has 442 valence electrons. The van der Waals surface area contributed by atoms with E-state index >= 15 is 0 Å². The van der Waals surface area contributed by atoms with Gasteiger partial charge in [0.05, 0.1) is 23.0 Å². The molecule has 16 heteroatoms. The lowest BCUT2D eigenvalue weighted by Crippen LogP contribution is -2.33. The molecule has 0 aliphatic heterocycles. The van der Waals surface area contributed by atoms with Gasteiger partial charge in [0.1, 0.15) is 0 Å². The first kappa shape index (κ1) is 59.8. The zero-order chi connectivity index (χ0) is 60.1. The summed E-state index contributed by atoms with van der Waals surface area (Å²) < 4.78 is 28.2. The summed E-state index contributed by atoms with van der Waals surface area (Å²) in [6, 6.07) is 59.7. The Morgan fingerprint density at radius 3 is 1.75 bits per heavy atom. The largest absolute Gasteiger partial charge is 0.490 e. The lowest BCUT2D eigenvalue weighted by atomic mass is 10.0. The Kier molecular flexibility index (Phi) is 19.6. The number of nitrogens with one attached hydrogen (secondary N) is 1. The zero-order valence-electron chi connectivity index (χ0n) is 49.8. The Balaban J connectivity index is 0.000000137. The highest BCUT2D eigenvalue weighted by Crippen LogP contribution is 2.41. The molecule has 0 spiro atoms. The monoisotopic (exact) mass is 1190 g/mol. The van der Waals surface area contributed by atoms with Crippen molar-refractivity contribution in [3.8, 4) is 101 Å². The van der Waals surface area contributed by atoms with Gasteiger partial charge in [0.25, 0.3) is 17.7 Å². The van der Waals surface area contributed by atoms with Crippen LogP contribution in [-0.4, -0.2) is 86.4 Å². The van der Waals surface area contributed by atoms with Gasteiger partial charge in [0.2, 0.25) is 17.5 Å². The summed E-state index contributed by atoms with van der Waals surface area (Å²) in [5, 5.41) is 27.7. The van der Waals surface area contributed by atoms with E-state index < -0.39 is 0 Å². The van der Waals surface area contributed by atoms with Crippen molar-refractivity contribution in [1.82, 2.24) is 40.6 Å².